The van der Waals surface area contributed by atoms with E-state index in [2.05, 4.69) is 10.3 Å². The van der Waals surface area contributed by atoms with Crippen molar-refractivity contribution in [1.82, 2.24) is 9.88 Å². The fourth-order valence-electron chi connectivity index (χ4n) is 2.81. The van der Waals surface area contributed by atoms with Crippen LogP contribution in [0.15, 0.2) is 36.5 Å². The van der Waals surface area contributed by atoms with Crippen LogP contribution in [0.25, 0.3) is 0 Å². The highest BCUT2D eigenvalue weighted by Gasteiger charge is 2.20. The molecule has 0 spiro atoms. The van der Waals surface area contributed by atoms with Crippen molar-refractivity contribution >= 4 is 23.2 Å². The second-order valence-electron chi connectivity index (χ2n) is 5.94. The lowest BCUT2D eigenvalue weighted by atomic mass is 10.2. The van der Waals surface area contributed by atoms with Crippen molar-refractivity contribution < 1.29 is 18.4 Å². The monoisotopic (exact) mass is 360 g/mol. The first-order valence-corrected chi connectivity index (χ1v) is 8.17. The summed E-state index contributed by atoms with van der Waals surface area (Å²) in [5.74, 6) is -2.37. The van der Waals surface area contributed by atoms with Gasteiger partial charge in [0.2, 0.25) is 5.91 Å². The Bertz CT molecular complexity index is 815. The van der Waals surface area contributed by atoms with Gasteiger partial charge in [0, 0.05) is 45.0 Å². The molecule has 1 aromatic carbocycles. The smallest absolute Gasteiger partial charge is 0.274 e. The van der Waals surface area contributed by atoms with Gasteiger partial charge >= 0.3 is 0 Å². The number of halogens is 2. The van der Waals surface area contributed by atoms with Crippen LogP contribution in [0.4, 0.5) is 20.2 Å². The zero-order valence-corrected chi connectivity index (χ0v) is 14.2. The minimum atomic E-state index is -0.852. The van der Waals surface area contributed by atoms with E-state index in [-0.39, 0.29) is 11.6 Å². The summed E-state index contributed by atoms with van der Waals surface area (Å²) in [6, 6.07) is 6.68. The molecule has 2 amide bonds. The van der Waals surface area contributed by atoms with Gasteiger partial charge in [-0.3, -0.25) is 14.6 Å². The zero-order valence-electron chi connectivity index (χ0n) is 14.2. The molecule has 1 N–H and O–H groups in total. The van der Waals surface area contributed by atoms with Gasteiger partial charge in [0.05, 0.1) is 0 Å². The Hall–Kier alpha value is -3.03. The lowest BCUT2D eigenvalue weighted by molar-refractivity contribution is -0.129. The fourth-order valence-corrected chi connectivity index (χ4v) is 2.81. The number of aromatic nitrogens is 1. The van der Waals surface area contributed by atoms with Crippen LogP contribution in [-0.2, 0) is 4.79 Å². The van der Waals surface area contributed by atoms with Crippen molar-refractivity contribution in [2.24, 2.45) is 0 Å². The molecular formula is C18H18F2N4O2. The second-order valence-corrected chi connectivity index (χ2v) is 5.94. The fraction of sp³-hybridized carbons (Fsp3) is 0.278. The topological polar surface area (TPSA) is 65.5 Å². The average molecular weight is 360 g/mol. The van der Waals surface area contributed by atoms with Gasteiger partial charge in [0.15, 0.2) is 0 Å². The first-order valence-electron chi connectivity index (χ1n) is 8.17. The van der Waals surface area contributed by atoms with E-state index >= 15 is 0 Å². The number of benzene rings is 1. The van der Waals surface area contributed by atoms with Gasteiger partial charge in [0.1, 0.15) is 23.0 Å². The molecule has 1 saturated heterocycles. The molecule has 0 atom stereocenters. The molecule has 2 aromatic rings. The van der Waals surface area contributed by atoms with Gasteiger partial charge in [0.25, 0.3) is 5.91 Å². The predicted octanol–water partition coefficient (Wildman–Crippen LogP) is 2.28. The maximum Gasteiger partial charge on any atom is 0.274 e. The number of hydrogen-bond donors (Lipinski definition) is 1. The van der Waals surface area contributed by atoms with Crippen LogP contribution in [0.3, 0.4) is 0 Å². The molecular weight excluding hydrogens is 342 g/mol. The largest absolute Gasteiger partial charge is 0.368 e. The van der Waals surface area contributed by atoms with E-state index in [1.54, 1.807) is 17.0 Å². The second kappa shape index (κ2) is 7.47. The van der Waals surface area contributed by atoms with Crippen molar-refractivity contribution in [3.63, 3.8) is 0 Å². The Morgan fingerprint density at radius 2 is 1.73 bits per heavy atom. The molecule has 0 saturated carbocycles. The number of carbonyl (C=O) groups excluding carboxylic acids is 2. The summed E-state index contributed by atoms with van der Waals surface area (Å²) in [5.41, 5.74) is 0.321. The first-order chi connectivity index (χ1) is 12.5. The van der Waals surface area contributed by atoms with E-state index in [9.17, 15) is 18.4 Å². The van der Waals surface area contributed by atoms with Crippen LogP contribution < -0.4 is 10.2 Å². The molecule has 1 aliphatic heterocycles. The minimum Gasteiger partial charge on any atom is -0.368 e. The van der Waals surface area contributed by atoms with Crippen molar-refractivity contribution in [2.45, 2.75) is 6.92 Å². The van der Waals surface area contributed by atoms with E-state index in [0.717, 1.165) is 17.8 Å². The van der Waals surface area contributed by atoms with Crippen LogP contribution >= 0.6 is 0 Å². The lowest BCUT2D eigenvalue weighted by Crippen LogP contribution is -2.48. The van der Waals surface area contributed by atoms with E-state index < -0.39 is 23.2 Å². The standard InChI is InChI=1S/C18H18F2N4O2/c1-12(25)23-7-9-24(10-8-23)13-5-6-21-16(11-13)18(26)22-17-14(19)3-2-4-15(17)20/h2-6,11H,7-10H2,1H3,(H,22,26). The summed E-state index contributed by atoms with van der Waals surface area (Å²) in [4.78, 5) is 31.5. The molecule has 6 nitrogen and oxygen atoms in total. The number of pyridine rings is 1. The van der Waals surface area contributed by atoms with Crippen molar-refractivity contribution in [3.05, 3.63) is 53.9 Å². The summed E-state index contributed by atoms with van der Waals surface area (Å²) in [6.45, 7) is 3.99. The molecule has 2 heterocycles. The summed E-state index contributed by atoms with van der Waals surface area (Å²) in [7, 11) is 0. The van der Waals surface area contributed by atoms with Crippen LogP contribution in [0.1, 0.15) is 17.4 Å². The Balaban J connectivity index is 1.73. The van der Waals surface area contributed by atoms with Gasteiger partial charge in [-0.1, -0.05) is 6.07 Å². The predicted molar refractivity (Wildman–Crippen MR) is 93.0 cm³/mol. The van der Waals surface area contributed by atoms with Crippen molar-refractivity contribution in [1.29, 1.82) is 0 Å². The van der Waals surface area contributed by atoms with Crippen molar-refractivity contribution in [2.75, 3.05) is 36.4 Å². The maximum absolute atomic E-state index is 13.7. The number of rotatable bonds is 3. The highest BCUT2D eigenvalue weighted by atomic mass is 19.1. The van der Waals surface area contributed by atoms with E-state index in [4.69, 9.17) is 0 Å². The number of carbonyl (C=O) groups is 2. The van der Waals surface area contributed by atoms with Gasteiger partial charge in [-0.05, 0) is 24.3 Å². The third kappa shape index (κ3) is 3.79. The number of hydrogen-bond acceptors (Lipinski definition) is 4. The number of anilines is 2. The SMILES string of the molecule is CC(=O)N1CCN(c2ccnc(C(=O)Nc3c(F)cccc3F)c2)CC1. The first kappa shape index (κ1) is 17.8. The zero-order chi connectivity index (χ0) is 18.7. The van der Waals surface area contributed by atoms with E-state index in [0.29, 0.717) is 26.2 Å². The number of amides is 2. The molecule has 0 bridgehead atoms. The Labute approximate surface area is 149 Å². The maximum atomic E-state index is 13.7. The average Bonchev–Trinajstić information content (AvgIpc) is 2.65. The van der Waals surface area contributed by atoms with E-state index in [1.165, 1.54) is 19.2 Å². The lowest BCUT2D eigenvalue weighted by Gasteiger charge is -2.35. The molecule has 0 unspecified atom stereocenters. The van der Waals surface area contributed by atoms with Crippen LogP contribution in [0.5, 0.6) is 0 Å². The molecule has 1 aromatic heterocycles. The number of nitrogens with one attached hydrogen (secondary N) is 1. The number of para-hydroxylation sites is 1. The Morgan fingerprint density at radius 1 is 1.08 bits per heavy atom. The third-order valence-corrected chi connectivity index (χ3v) is 4.27. The third-order valence-electron chi connectivity index (χ3n) is 4.27. The molecule has 26 heavy (non-hydrogen) atoms. The normalized spacial score (nSPS) is 14.3. The molecule has 1 fully saturated rings. The van der Waals surface area contributed by atoms with E-state index in [1.807, 2.05) is 4.90 Å². The quantitative estimate of drug-likeness (QED) is 0.912. The highest BCUT2D eigenvalue weighted by Crippen LogP contribution is 2.21. The van der Waals surface area contributed by atoms with Gasteiger partial charge in [-0.25, -0.2) is 8.78 Å². The molecule has 3 rings (SSSR count). The van der Waals surface area contributed by atoms with Crippen LogP contribution in [0.2, 0.25) is 0 Å². The van der Waals surface area contributed by atoms with Crippen LogP contribution in [-0.4, -0.2) is 47.9 Å². The number of piperazine rings is 1. The Morgan fingerprint density at radius 3 is 2.35 bits per heavy atom. The van der Waals surface area contributed by atoms with Gasteiger partial charge in [-0.15, -0.1) is 0 Å². The van der Waals surface area contributed by atoms with Crippen molar-refractivity contribution in [3.8, 4) is 0 Å². The minimum absolute atomic E-state index is 0.0337. The van der Waals surface area contributed by atoms with Gasteiger partial charge < -0.3 is 15.1 Å². The summed E-state index contributed by atoms with van der Waals surface area (Å²) >= 11 is 0. The number of nitrogens with zero attached hydrogens (tertiary/aromatic N) is 3. The summed E-state index contributed by atoms with van der Waals surface area (Å²) in [5, 5.41) is 2.22. The van der Waals surface area contributed by atoms with Gasteiger partial charge in [-0.2, -0.15) is 0 Å². The summed E-state index contributed by atoms with van der Waals surface area (Å²) in [6.07, 6.45) is 1.47. The summed E-state index contributed by atoms with van der Waals surface area (Å²) < 4.78 is 27.4. The molecule has 0 aliphatic carbocycles. The molecule has 8 heteroatoms. The molecule has 136 valence electrons. The van der Waals surface area contributed by atoms with Crippen LogP contribution in [0, 0.1) is 11.6 Å². The Kier molecular flexibility index (Phi) is 5.11. The highest BCUT2D eigenvalue weighted by molar-refractivity contribution is 6.03. The molecule has 0 radical (unpaired) electrons. The molecule has 1 aliphatic rings.